The molecule has 2 N–H and O–H groups in total. The minimum Gasteiger partial charge on any atom is -0.481 e. The van der Waals surface area contributed by atoms with Crippen LogP contribution in [0.3, 0.4) is 0 Å². The van der Waals surface area contributed by atoms with Crippen LogP contribution in [0.2, 0.25) is 0 Å². The molecule has 3 nitrogen and oxygen atoms in total. The normalized spacial score (nSPS) is 16.8. The number of carbonyl (C=O) groups is 1. The second kappa shape index (κ2) is 4.33. The molecule has 0 aliphatic rings. The van der Waals surface area contributed by atoms with E-state index in [9.17, 15) is 9.90 Å². The van der Waals surface area contributed by atoms with Crippen LogP contribution in [0.4, 0.5) is 0 Å². The van der Waals surface area contributed by atoms with Gasteiger partial charge >= 0.3 is 5.97 Å². The van der Waals surface area contributed by atoms with Crippen molar-refractivity contribution in [3.05, 3.63) is 34.3 Å². The van der Waals surface area contributed by atoms with E-state index in [1.165, 1.54) is 13.8 Å². The van der Waals surface area contributed by atoms with E-state index in [-0.39, 0.29) is 0 Å². The summed E-state index contributed by atoms with van der Waals surface area (Å²) in [4.78, 5) is 10.8. The van der Waals surface area contributed by atoms with Gasteiger partial charge in [-0.2, -0.15) is 0 Å². The van der Waals surface area contributed by atoms with Crippen molar-refractivity contribution < 1.29 is 15.0 Å². The van der Waals surface area contributed by atoms with Crippen molar-refractivity contribution >= 4 is 21.9 Å². The fourth-order valence-electron chi connectivity index (χ4n) is 1.28. The van der Waals surface area contributed by atoms with Crippen molar-refractivity contribution in [1.82, 2.24) is 0 Å². The summed E-state index contributed by atoms with van der Waals surface area (Å²) in [5, 5.41) is 19.0. The van der Waals surface area contributed by atoms with Gasteiger partial charge in [0.05, 0.1) is 11.5 Å². The summed E-state index contributed by atoms with van der Waals surface area (Å²) in [6.45, 7) is 3.00. The number of hydrogen-bond donors (Lipinski definition) is 2. The standard InChI is InChI=1S/C11H13BrO3/c1-7(10(13)14)11(2,15)8-3-5-9(12)6-4-8/h3-7,15H,1-2H3,(H,13,14). The molecule has 0 aliphatic carbocycles. The molecule has 0 amide bonds. The average Bonchev–Trinajstić information content (AvgIpc) is 2.17. The average molecular weight is 273 g/mol. The highest BCUT2D eigenvalue weighted by atomic mass is 79.9. The summed E-state index contributed by atoms with van der Waals surface area (Å²) < 4.78 is 0.894. The predicted octanol–water partition coefficient (Wildman–Crippen LogP) is 2.38. The van der Waals surface area contributed by atoms with Gasteiger partial charge in [-0.15, -0.1) is 0 Å². The second-order valence-corrected chi connectivity index (χ2v) is 4.63. The van der Waals surface area contributed by atoms with Crippen LogP contribution in [-0.4, -0.2) is 16.2 Å². The molecule has 1 rings (SSSR count). The summed E-state index contributed by atoms with van der Waals surface area (Å²) in [6.07, 6.45) is 0. The zero-order valence-electron chi connectivity index (χ0n) is 8.57. The summed E-state index contributed by atoms with van der Waals surface area (Å²) in [5.41, 5.74) is -0.757. The molecular weight excluding hydrogens is 260 g/mol. The van der Waals surface area contributed by atoms with Gasteiger partial charge in [-0.1, -0.05) is 28.1 Å². The Kier molecular flexibility index (Phi) is 3.52. The number of carboxylic acid groups (broad SMARTS) is 1. The van der Waals surface area contributed by atoms with Crippen LogP contribution >= 0.6 is 15.9 Å². The molecule has 0 spiro atoms. The molecule has 1 aromatic rings. The third-order valence-electron chi connectivity index (χ3n) is 2.64. The highest BCUT2D eigenvalue weighted by Crippen LogP contribution is 2.30. The summed E-state index contributed by atoms with van der Waals surface area (Å²) >= 11 is 3.28. The largest absolute Gasteiger partial charge is 0.481 e. The minimum atomic E-state index is -1.35. The first-order valence-corrected chi connectivity index (χ1v) is 5.36. The number of carboxylic acids is 1. The van der Waals surface area contributed by atoms with Crippen LogP contribution in [0.5, 0.6) is 0 Å². The lowest BCUT2D eigenvalue weighted by Crippen LogP contribution is -2.35. The molecule has 4 heteroatoms. The molecule has 0 saturated carbocycles. The molecule has 1 aromatic carbocycles. The highest BCUT2D eigenvalue weighted by Gasteiger charge is 2.35. The van der Waals surface area contributed by atoms with E-state index in [1.54, 1.807) is 24.3 Å². The van der Waals surface area contributed by atoms with Gasteiger partial charge in [0, 0.05) is 4.47 Å². The van der Waals surface area contributed by atoms with Crippen LogP contribution in [0.25, 0.3) is 0 Å². The van der Waals surface area contributed by atoms with Crippen LogP contribution in [0.15, 0.2) is 28.7 Å². The highest BCUT2D eigenvalue weighted by molar-refractivity contribution is 9.10. The smallest absolute Gasteiger partial charge is 0.309 e. The molecule has 0 fully saturated rings. The molecule has 0 bridgehead atoms. The first-order chi connectivity index (χ1) is 6.85. The van der Waals surface area contributed by atoms with Gasteiger partial charge in [0.1, 0.15) is 0 Å². The Bertz CT molecular complexity index is 357. The van der Waals surface area contributed by atoms with Crippen molar-refractivity contribution in [2.45, 2.75) is 19.4 Å². The Morgan fingerprint density at radius 2 is 1.87 bits per heavy atom. The predicted molar refractivity (Wildman–Crippen MR) is 60.5 cm³/mol. The van der Waals surface area contributed by atoms with Crippen LogP contribution in [0.1, 0.15) is 19.4 Å². The first kappa shape index (κ1) is 12.2. The third-order valence-corrected chi connectivity index (χ3v) is 3.17. The lowest BCUT2D eigenvalue weighted by atomic mass is 9.84. The van der Waals surface area contributed by atoms with Gasteiger partial charge < -0.3 is 10.2 Å². The maximum atomic E-state index is 10.8. The molecule has 0 radical (unpaired) electrons. The minimum absolute atomic E-state index is 0.598. The fourth-order valence-corrected chi connectivity index (χ4v) is 1.54. The number of benzene rings is 1. The van der Waals surface area contributed by atoms with Crippen molar-refractivity contribution in [3.63, 3.8) is 0 Å². The molecule has 2 atom stereocenters. The Balaban J connectivity index is 3.05. The topological polar surface area (TPSA) is 57.5 Å². The molecule has 0 aliphatic heterocycles. The molecule has 0 heterocycles. The maximum absolute atomic E-state index is 10.8. The Labute approximate surface area is 96.9 Å². The fraction of sp³-hybridized carbons (Fsp3) is 0.364. The Hall–Kier alpha value is -0.870. The van der Waals surface area contributed by atoms with Gasteiger partial charge in [-0.25, -0.2) is 0 Å². The number of aliphatic carboxylic acids is 1. The Morgan fingerprint density at radius 3 is 2.27 bits per heavy atom. The lowest BCUT2D eigenvalue weighted by molar-refractivity contribution is -0.150. The first-order valence-electron chi connectivity index (χ1n) is 4.57. The van der Waals surface area contributed by atoms with Crippen LogP contribution < -0.4 is 0 Å². The monoisotopic (exact) mass is 272 g/mol. The molecular formula is C11H13BrO3. The zero-order chi connectivity index (χ0) is 11.6. The van der Waals surface area contributed by atoms with Gasteiger partial charge in [0.2, 0.25) is 0 Å². The van der Waals surface area contributed by atoms with E-state index >= 15 is 0 Å². The van der Waals surface area contributed by atoms with Crippen molar-refractivity contribution in [2.75, 3.05) is 0 Å². The van der Waals surface area contributed by atoms with E-state index in [1.807, 2.05) is 0 Å². The van der Waals surface area contributed by atoms with E-state index in [2.05, 4.69) is 15.9 Å². The zero-order valence-corrected chi connectivity index (χ0v) is 10.2. The lowest BCUT2D eigenvalue weighted by Gasteiger charge is -2.27. The van der Waals surface area contributed by atoms with Crippen molar-refractivity contribution in [2.24, 2.45) is 5.92 Å². The van der Waals surface area contributed by atoms with E-state index in [0.717, 1.165) is 4.47 Å². The van der Waals surface area contributed by atoms with Gasteiger partial charge in [-0.05, 0) is 31.5 Å². The van der Waals surface area contributed by atoms with E-state index < -0.39 is 17.5 Å². The summed E-state index contributed by atoms with van der Waals surface area (Å²) in [7, 11) is 0. The van der Waals surface area contributed by atoms with Gasteiger partial charge in [0.25, 0.3) is 0 Å². The summed E-state index contributed by atoms with van der Waals surface area (Å²) in [6, 6.07) is 6.98. The number of halogens is 1. The molecule has 15 heavy (non-hydrogen) atoms. The number of aliphatic hydroxyl groups is 1. The quantitative estimate of drug-likeness (QED) is 0.888. The van der Waals surface area contributed by atoms with Gasteiger partial charge in [-0.3, -0.25) is 4.79 Å². The third kappa shape index (κ3) is 2.58. The van der Waals surface area contributed by atoms with E-state index in [4.69, 9.17) is 5.11 Å². The molecule has 0 saturated heterocycles. The number of hydrogen-bond acceptors (Lipinski definition) is 2. The molecule has 82 valence electrons. The Morgan fingerprint density at radius 1 is 1.40 bits per heavy atom. The SMILES string of the molecule is CC(C(=O)O)C(C)(O)c1ccc(Br)cc1. The van der Waals surface area contributed by atoms with Gasteiger partial charge in [0.15, 0.2) is 0 Å². The second-order valence-electron chi connectivity index (χ2n) is 3.71. The van der Waals surface area contributed by atoms with Crippen LogP contribution in [-0.2, 0) is 10.4 Å². The van der Waals surface area contributed by atoms with Crippen LogP contribution in [0, 0.1) is 5.92 Å². The van der Waals surface area contributed by atoms with Crippen molar-refractivity contribution in [1.29, 1.82) is 0 Å². The molecule has 2 unspecified atom stereocenters. The number of rotatable bonds is 3. The summed E-state index contributed by atoms with van der Waals surface area (Å²) in [5.74, 6) is -1.86. The maximum Gasteiger partial charge on any atom is 0.309 e. The van der Waals surface area contributed by atoms with Crippen molar-refractivity contribution in [3.8, 4) is 0 Å². The molecule has 0 aromatic heterocycles. The van der Waals surface area contributed by atoms with E-state index in [0.29, 0.717) is 5.56 Å².